The lowest BCUT2D eigenvalue weighted by Gasteiger charge is -2.42. The van der Waals surface area contributed by atoms with E-state index in [1.807, 2.05) is 0 Å². The number of rotatable bonds is 1. The summed E-state index contributed by atoms with van der Waals surface area (Å²) in [5.74, 6) is 0. The topological polar surface area (TPSA) is 6.48 Å². The predicted octanol–water partition coefficient (Wildman–Crippen LogP) is 1.03. The molecule has 0 amide bonds. The first-order chi connectivity index (χ1) is 5.15. The first-order valence-electron chi connectivity index (χ1n) is 4.55. The van der Waals surface area contributed by atoms with Crippen molar-refractivity contribution in [3.63, 3.8) is 0 Å². The highest BCUT2D eigenvalue weighted by molar-refractivity contribution is 4.82. The van der Waals surface area contributed by atoms with E-state index in [0.29, 0.717) is 0 Å². The molecule has 1 saturated heterocycles. The lowest BCUT2D eigenvalue weighted by atomic mass is 10.1. The lowest BCUT2D eigenvalue weighted by molar-refractivity contribution is 0.0647. The minimum absolute atomic E-state index is 0.721. The molecule has 2 nitrogen and oxygen atoms in total. The van der Waals surface area contributed by atoms with Crippen molar-refractivity contribution in [1.29, 1.82) is 0 Å². The van der Waals surface area contributed by atoms with Crippen molar-refractivity contribution in [2.75, 3.05) is 27.2 Å². The van der Waals surface area contributed by atoms with Gasteiger partial charge in [-0.15, -0.1) is 0 Å². The van der Waals surface area contributed by atoms with Crippen LogP contribution in [0.4, 0.5) is 0 Å². The van der Waals surface area contributed by atoms with Crippen LogP contribution in [-0.4, -0.2) is 49.1 Å². The van der Waals surface area contributed by atoms with Crippen LogP contribution in [0.25, 0.3) is 0 Å². The first-order valence-corrected chi connectivity index (χ1v) is 4.55. The Hall–Kier alpha value is -0.0800. The van der Waals surface area contributed by atoms with Gasteiger partial charge in [0.15, 0.2) is 0 Å². The van der Waals surface area contributed by atoms with E-state index >= 15 is 0 Å². The van der Waals surface area contributed by atoms with E-state index < -0.39 is 0 Å². The fourth-order valence-corrected chi connectivity index (χ4v) is 1.92. The summed E-state index contributed by atoms with van der Waals surface area (Å²) in [4.78, 5) is 4.93. The molecule has 0 saturated carbocycles. The fraction of sp³-hybridized carbons (Fsp3) is 1.00. The molecular formula is C9H20N2. The molecule has 0 spiro atoms. The predicted molar refractivity (Wildman–Crippen MR) is 48.8 cm³/mol. The van der Waals surface area contributed by atoms with E-state index in [9.17, 15) is 0 Å². The third kappa shape index (κ3) is 1.94. The molecule has 1 aliphatic heterocycles. The summed E-state index contributed by atoms with van der Waals surface area (Å²) >= 11 is 0. The Labute approximate surface area is 70.2 Å². The summed E-state index contributed by atoms with van der Waals surface area (Å²) in [7, 11) is 4.46. The molecule has 2 heteroatoms. The van der Waals surface area contributed by atoms with Crippen molar-refractivity contribution in [2.24, 2.45) is 0 Å². The molecule has 0 aromatic rings. The maximum Gasteiger partial charge on any atom is 0.0220 e. The largest absolute Gasteiger partial charge is 0.303 e. The van der Waals surface area contributed by atoms with Gasteiger partial charge < -0.3 is 4.90 Å². The zero-order valence-electron chi connectivity index (χ0n) is 8.17. The van der Waals surface area contributed by atoms with Crippen LogP contribution in [0.2, 0.25) is 0 Å². The zero-order valence-corrected chi connectivity index (χ0v) is 8.17. The Bertz CT molecular complexity index is 125. The monoisotopic (exact) mass is 156 g/mol. The van der Waals surface area contributed by atoms with Crippen molar-refractivity contribution in [3.05, 3.63) is 0 Å². The van der Waals surface area contributed by atoms with E-state index in [1.54, 1.807) is 0 Å². The highest BCUT2D eigenvalue weighted by Gasteiger charge is 2.25. The Morgan fingerprint density at radius 2 is 1.91 bits per heavy atom. The number of likely N-dealkylation sites (N-methyl/N-ethyl adjacent to an activating group) is 2. The van der Waals surface area contributed by atoms with Crippen molar-refractivity contribution in [1.82, 2.24) is 9.80 Å². The van der Waals surface area contributed by atoms with Crippen LogP contribution in [0.5, 0.6) is 0 Å². The zero-order chi connectivity index (χ0) is 8.43. The minimum atomic E-state index is 0.721. The minimum Gasteiger partial charge on any atom is -0.303 e. The molecule has 0 radical (unpaired) electrons. The van der Waals surface area contributed by atoms with Crippen LogP contribution in [0.3, 0.4) is 0 Å². The third-order valence-corrected chi connectivity index (χ3v) is 2.84. The second kappa shape index (κ2) is 3.55. The van der Waals surface area contributed by atoms with Gasteiger partial charge in [-0.3, -0.25) is 4.90 Å². The van der Waals surface area contributed by atoms with Crippen LogP contribution >= 0.6 is 0 Å². The summed E-state index contributed by atoms with van der Waals surface area (Å²) < 4.78 is 0. The maximum atomic E-state index is 2.50. The van der Waals surface area contributed by atoms with E-state index in [2.05, 4.69) is 37.7 Å². The first kappa shape index (κ1) is 9.01. The van der Waals surface area contributed by atoms with Crippen molar-refractivity contribution in [3.8, 4) is 0 Å². The van der Waals surface area contributed by atoms with Gasteiger partial charge in [0.2, 0.25) is 0 Å². The van der Waals surface area contributed by atoms with Gasteiger partial charge in [-0.2, -0.15) is 0 Å². The number of hydrogen-bond acceptors (Lipinski definition) is 2. The van der Waals surface area contributed by atoms with E-state index in [4.69, 9.17) is 0 Å². The molecule has 1 unspecified atom stereocenters. The van der Waals surface area contributed by atoms with E-state index in [-0.39, 0.29) is 0 Å². The van der Waals surface area contributed by atoms with Gasteiger partial charge in [0, 0.05) is 25.2 Å². The maximum absolute atomic E-state index is 2.50. The van der Waals surface area contributed by atoms with E-state index in [1.165, 1.54) is 19.5 Å². The number of piperazine rings is 1. The second-order valence-corrected chi connectivity index (χ2v) is 3.80. The van der Waals surface area contributed by atoms with Crippen LogP contribution in [-0.2, 0) is 0 Å². The van der Waals surface area contributed by atoms with Gasteiger partial charge in [-0.1, -0.05) is 6.92 Å². The van der Waals surface area contributed by atoms with Crippen LogP contribution in [0.1, 0.15) is 20.3 Å². The molecule has 1 rings (SSSR count). The Morgan fingerprint density at radius 3 is 2.45 bits per heavy atom. The molecular weight excluding hydrogens is 136 g/mol. The van der Waals surface area contributed by atoms with Gasteiger partial charge in [-0.05, 0) is 27.4 Å². The van der Waals surface area contributed by atoms with Crippen LogP contribution < -0.4 is 0 Å². The molecule has 0 aromatic heterocycles. The van der Waals surface area contributed by atoms with Gasteiger partial charge in [-0.25, -0.2) is 0 Å². The summed E-state index contributed by atoms with van der Waals surface area (Å²) in [6.07, 6.45) is 1.27. The normalized spacial score (nSPS) is 36.0. The van der Waals surface area contributed by atoms with Gasteiger partial charge >= 0.3 is 0 Å². The van der Waals surface area contributed by atoms with Crippen molar-refractivity contribution >= 4 is 0 Å². The summed E-state index contributed by atoms with van der Waals surface area (Å²) in [6.45, 7) is 7.02. The Balaban J connectivity index is 2.51. The van der Waals surface area contributed by atoms with Gasteiger partial charge in [0.25, 0.3) is 0 Å². The number of nitrogens with zero attached hydrogens (tertiary/aromatic N) is 2. The molecule has 0 aromatic carbocycles. The SMILES string of the molecule is CC[C@@H]1CN(C)CC(C)N1C. The van der Waals surface area contributed by atoms with Crippen LogP contribution in [0, 0.1) is 0 Å². The molecule has 2 atom stereocenters. The molecule has 0 bridgehead atoms. The fourth-order valence-electron chi connectivity index (χ4n) is 1.92. The standard InChI is InChI=1S/C9H20N2/c1-5-9-7-10(3)6-8(2)11(9)4/h8-9H,5-7H2,1-4H3/t8?,9-/m1/s1. The molecule has 11 heavy (non-hydrogen) atoms. The smallest absolute Gasteiger partial charge is 0.0220 e. The van der Waals surface area contributed by atoms with Crippen LogP contribution in [0.15, 0.2) is 0 Å². The molecule has 0 aliphatic carbocycles. The van der Waals surface area contributed by atoms with Gasteiger partial charge in [0.1, 0.15) is 0 Å². The Kier molecular flexibility index (Phi) is 2.90. The molecule has 1 heterocycles. The molecule has 1 aliphatic rings. The summed E-state index contributed by atoms with van der Waals surface area (Å²) in [6, 6.07) is 1.49. The van der Waals surface area contributed by atoms with Crippen molar-refractivity contribution < 1.29 is 0 Å². The van der Waals surface area contributed by atoms with Crippen molar-refractivity contribution in [2.45, 2.75) is 32.4 Å². The highest BCUT2D eigenvalue weighted by atomic mass is 15.3. The average molecular weight is 156 g/mol. The quantitative estimate of drug-likeness (QED) is 0.559. The summed E-state index contributed by atoms with van der Waals surface area (Å²) in [5.41, 5.74) is 0. The summed E-state index contributed by atoms with van der Waals surface area (Å²) in [5, 5.41) is 0. The molecule has 1 fully saturated rings. The van der Waals surface area contributed by atoms with E-state index in [0.717, 1.165) is 12.1 Å². The van der Waals surface area contributed by atoms with Gasteiger partial charge in [0.05, 0.1) is 0 Å². The average Bonchev–Trinajstić information content (AvgIpc) is 1.96. The molecule has 0 N–H and O–H groups in total. The third-order valence-electron chi connectivity index (χ3n) is 2.84. The lowest BCUT2D eigenvalue weighted by Crippen LogP contribution is -2.54. The highest BCUT2D eigenvalue weighted by Crippen LogP contribution is 2.13. The Morgan fingerprint density at radius 1 is 1.27 bits per heavy atom. The second-order valence-electron chi connectivity index (χ2n) is 3.80. The number of hydrogen-bond donors (Lipinski definition) is 0. The molecule has 66 valence electrons.